The fourth-order valence-corrected chi connectivity index (χ4v) is 5.11. The molecule has 0 aliphatic carbocycles. The topological polar surface area (TPSA) is 120 Å². The van der Waals surface area contributed by atoms with Crippen LogP contribution in [-0.4, -0.2) is 71.8 Å². The molecule has 0 aromatic heterocycles. The Morgan fingerprint density at radius 3 is 2.41 bits per heavy atom. The van der Waals surface area contributed by atoms with E-state index < -0.39 is 152 Å². The number of nitrogens with zero attached hydrogens (tertiary/aromatic N) is 1. The molecule has 1 saturated heterocycles. The van der Waals surface area contributed by atoms with Crippen molar-refractivity contribution in [1.82, 2.24) is 20.9 Å². The van der Waals surface area contributed by atoms with Gasteiger partial charge < -0.3 is 30.7 Å². The van der Waals surface area contributed by atoms with Gasteiger partial charge in [-0.2, -0.15) is 0 Å². The van der Waals surface area contributed by atoms with E-state index in [0.29, 0.717) is 18.5 Å². The summed E-state index contributed by atoms with van der Waals surface area (Å²) in [6.45, 7) is -3.80. The van der Waals surface area contributed by atoms with Gasteiger partial charge in [0.15, 0.2) is 6.61 Å². The molecule has 46 heavy (non-hydrogen) atoms. The Balaban J connectivity index is 1.78. The number of amides is 4. The summed E-state index contributed by atoms with van der Waals surface area (Å²) in [4.78, 5) is 42.0. The number of hydrogen-bond donors (Lipinski definition) is 4. The van der Waals surface area contributed by atoms with Gasteiger partial charge in [-0.3, -0.25) is 9.59 Å². The second-order valence-electron chi connectivity index (χ2n) is 11.1. The van der Waals surface area contributed by atoms with Gasteiger partial charge in [0.1, 0.15) is 11.8 Å². The summed E-state index contributed by atoms with van der Waals surface area (Å²) >= 11 is 0. The number of para-hydroxylation sites is 1. The molecule has 4 atom stereocenters. The summed E-state index contributed by atoms with van der Waals surface area (Å²) in [7, 11) is 0. The van der Waals surface area contributed by atoms with Crippen molar-refractivity contribution in [1.29, 1.82) is 0 Å². The van der Waals surface area contributed by atoms with Gasteiger partial charge in [0.25, 0.3) is 5.91 Å². The number of nitrogens with one attached hydrogen (secondary N) is 3. The number of hydrogen-bond acceptors (Lipinski definition) is 5. The van der Waals surface area contributed by atoms with E-state index in [-0.39, 0.29) is 13.0 Å². The average molecular weight is 645 g/mol. The number of ether oxygens (including phenoxy) is 1. The molecule has 1 fully saturated rings. The fraction of sp³-hybridized carbons (Fsp3) is 0.432. The van der Waals surface area contributed by atoms with E-state index in [1.165, 1.54) is 4.90 Å². The van der Waals surface area contributed by atoms with E-state index in [4.69, 9.17) is 23.9 Å². The third kappa shape index (κ3) is 9.81. The lowest BCUT2D eigenvalue weighted by Gasteiger charge is -2.37. The van der Waals surface area contributed by atoms with Gasteiger partial charge >= 0.3 is 6.03 Å². The van der Waals surface area contributed by atoms with Crippen molar-refractivity contribution in [2.24, 2.45) is 5.92 Å². The summed E-state index contributed by atoms with van der Waals surface area (Å²) in [5.74, 6) is -3.54. The van der Waals surface area contributed by atoms with Crippen molar-refractivity contribution in [3.05, 3.63) is 101 Å². The van der Waals surface area contributed by atoms with Crippen LogP contribution < -0.4 is 20.7 Å². The largest absolute Gasteiger partial charge is 0.483 e. The fourth-order valence-electron chi connectivity index (χ4n) is 5.11. The zero-order valence-electron chi connectivity index (χ0n) is 41.5. The Hall–Kier alpha value is -4.37. The second-order valence-corrected chi connectivity index (χ2v) is 11.1. The Morgan fingerprint density at radius 1 is 1.04 bits per heavy atom. The molecule has 1 heterocycles. The van der Waals surface area contributed by atoms with Crippen molar-refractivity contribution in [2.75, 3.05) is 19.7 Å². The number of aliphatic hydroxyl groups is 1. The monoisotopic (exact) mass is 644 g/mol. The molecule has 0 unspecified atom stereocenters. The molecule has 4 amide bonds. The minimum absolute atomic E-state index is 0.166. The van der Waals surface area contributed by atoms with Crippen LogP contribution in [0.3, 0.4) is 0 Å². The SMILES string of the molecule is [2H]c1c([2H])c([2H])c(C([2H])([2H])[C@@H](C[C@H](O)[C@H](Cc2ccccc2)NC(=O)COc2c(C([2H])([2H])[2H])c([2H])c([2H])c([2H])c2C([2H])([2H])[2H])NC(=O)[C@H](C(C)C)N2CCCNC2=O)c([2H])c1[2H]. The minimum Gasteiger partial charge on any atom is -0.483 e. The van der Waals surface area contributed by atoms with E-state index in [0.717, 1.165) is 0 Å². The van der Waals surface area contributed by atoms with Crippen molar-refractivity contribution in [3.63, 3.8) is 0 Å². The van der Waals surface area contributed by atoms with Gasteiger partial charge in [-0.25, -0.2) is 4.79 Å². The molecule has 0 spiro atoms. The number of carbonyl (C=O) groups excluding carboxylic acids is 3. The number of benzene rings is 3. The normalized spacial score (nSPS) is 21.7. The number of aliphatic hydroxyl groups excluding tert-OH is 1. The zero-order valence-corrected chi connectivity index (χ0v) is 25.5. The van der Waals surface area contributed by atoms with Crippen LogP contribution in [0, 0.1) is 19.6 Å². The van der Waals surface area contributed by atoms with Gasteiger partial charge in [-0.1, -0.05) is 92.5 Å². The maximum Gasteiger partial charge on any atom is 0.318 e. The van der Waals surface area contributed by atoms with Crippen LogP contribution in [0.5, 0.6) is 5.75 Å². The van der Waals surface area contributed by atoms with Gasteiger partial charge in [0, 0.05) is 30.1 Å². The molecule has 9 heteroatoms. The molecule has 3 aromatic carbocycles. The van der Waals surface area contributed by atoms with E-state index in [1.54, 1.807) is 44.2 Å². The number of rotatable bonds is 15. The lowest BCUT2D eigenvalue weighted by atomic mass is 9.92. The third-order valence-electron chi connectivity index (χ3n) is 7.25. The van der Waals surface area contributed by atoms with Crippen molar-refractivity contribution in [2.45, 2.75) is 77.4 Å². The van der Waals surface area contributed by atoms with E-state index >= 15 is 0 Å². The van der Waals surface area contributed by atoms with Crippen molar-refractivity contribution < 1.29 is 46.2 Å². The summed E-state index contributed by atoms with van der Waals surface area (Å²) < 4.78 is 138. The molecular formula is C37H48N4O5. The Kier molecular flexibility index (Phi) is 6.83. The molecule has 4 rings (SSSR count). The van der Waals surface area contributed by atoms with Crippen LogP contribution in [0.25, 0.3) is 0 Å². The number of carbonyl (C=O) groups is 3. The molecule has 3 aromatic rings. The third-order valence-corrected chi connectivity index (χ3v) is 7.25. The van der Waals surface area contributed by atoms with Crippen LogP contribution in [0.2, 0.25) is 0 Å². The summed E-state index contributed by atoms with van der Waals surface area (Å²) in [6.07, 6.45) is -5.37. The van der Waals surface area contributed by atoms with Crippen LogP contribution in [0.15, 0.2) is 78.7 Å². The smallest absolute Gasteiger partial charge is 0.318 e. The molecule has 246 valence electrons. The predicted octanol–water partition coefficient (Wildman–Crippen LogP) is 4.33. The standard InChI is InChI=1S/C37H48N4O5/c1-25(2)34(41-20-12-19-38-37(41)45)36(44)39-30(21-28-15-7-5-8-16-28)23-32(42)31(22-29-17-9-6-10-18-29)40-33(43)24-46-35-26(3)13-11-14-27(35)4/h5-11,13-18,25,30-32,34,42H,12,19-24H2,1-4H3,(H,38,45)(H,39,44)(H,40,43)/t30-,31-,32-,34-/m0/s1/i3D3,4D3,5D,7D,8D,11D,13D,14D,15D,16D,21D2. The predicted molar refractivity (Wildman–Crippen MR) is 180 cm³/mol. The quantitative estimate of drug-likeness (QED) is 0.196. The van der Waals surface area contributed by atoms with E-state index in [9.17, 15) is 22.2 Å². The number of urea groups is 1. The van der Waals surface area contributed by atoms with Crippen molar-refractivity contribution in [3.8, 4) is 5.75 Å². The minimum atomic E-state index is -3.23. The average Bonchev–Trinajstić information content (AvgIpc) is 3.17. The van der Waals surface area contributed by atoms with E-state index in [2.05, 4.69) is 16.0 Å². The van der Waals surface area contributed by atoms with Gasteiger partial charge in [0.05, 0.1) is 23.1 Å². The van der Waals surface area contributed by atoms with E-state index in [1.807, 2.05) is 0 Å². The van der Waals surface area contributed by atoms with Crippen LogP contribution in [-0.2, 0) is 22.4 Å². The molecule has 0 saturated carbocycles. The highest BCUT2D eigenvalue weighted by Crippen LogP contribution is 2.22. The highest BCUT2D eigenvalue weighted by Gasteiger charge is 2.35. The first-order valence-electron chi connectivity index (χ1n) is 22.8. The summed E-state index contributed by atoms with van der Waals surface area (Å²) in [5.41, 5.74) is -2.37. The Morgan fingerprint density at radius 2 is 1.76 bits per heavy atom. The highest BCUT2D eigenvalue weighted by molar-refractivity contribution is 5.87. The summed E-state index contributed by atoms with van der Waals surface area (Å²) in [6, 6.07) is -4.26. The maximum absolute atomic E-state index is 14.2. The second kappa shape index (κ2) is 16.8. The maximum atomic E-state index is 14.2. The van der Waals surface area contributed by atoms with Crippen molar-refractivity contribution >= 4 is 17.8 Å². The molecular weight excluding hydrogens is 580 g/mol. The Labute approximate surface area is 295 Å². The first-order valence-corrected chi connectivity index (χ1v) is 14.8. The first-order chi connectivity index (χ1) is 28.6. The van der Waals surface area contributed by atoms with Crippen LogP contribution >= 0.6 is 0 Å². The van der Waals surface area contributed by atoms with Crippen LogP contribution in [0.1, 0.15) is 70.9 Å². The molecule has 9 nitrogen and oxygen atoms in total. The van der Waals surface area contributed by atoms with Gasteiger partial charge in [-0.05, 0) is 67.5 Å². The molecule has 0 bridgehead atoms. The van der Waals surface area contributed by atoms with Gasteiger partial charge in [-0.15, -0.1) is 0 Å². The molecule has 0 radical (unpaired) electrons. The van der Waals surface area contributed by atoms with Crippen LogP contribution in [0.4, 0.5) is 4.79 Å². The highest BCUT2D eigenvalue weighted by atomic mass is 16.5. The lowest BCUT2D eigenvalue weighted by Crippen LogP contribution is -2.59. The Bertz CT molecular complexity index is 2080. The zero-order chi connectivity index (χ0) is 46.8. The summed E-state index contributed by atoms with van der Waals surface area (Å²) in [5, 5.41) is 19.7. The first kappa shape index (κ1) is 18.7. The molecule has 1 aliphatic rings. The lowest BCUT2D eigenvalue weighted by molar-refractivity contribution is -0.128. The molecule has 1 aliphatic heterocycles. The van der Waals surface area contributed by atoms with Gasteiger partial charge in [0.2, 0.25) is 5.91 Å². The molecule has 4 N–H and O–H groups in total.